The van der Waals surface area contributed by atoms with Crippen molar-refractivity contribution in [1.29, 1.82) is 0 Å². The van der Waals surface area contributed by atoms with Crippen molar-refractivity contribution in [1.82, 2.24) is 9.88 Å². The number of benzene rings is 1. The Morgan fingerprint density at radius 2 is 1.95 bits per heavy atom. The van der Waals surface area contributed by atoms with Gasteiger partial charge < -0.3 is 4.74 Å². The molecule has 0 saturated heterocycles. The summed E-state index contributed by atoms with van der Waals surface area (Å²) < 4.78 is 5.71. The molecule has 0 fully saturated rings. The molecule has 0 spiro atoms. The summed E-state index contributed by atoms with van der Waals surface area (Å²) in [5.74, 6) is 0.931. The smallest absolute Gasteiger partial charge is 0.119 e. The summed E-state index contributed by atoms with van der Waals surface area (Å²) in [6, 6.07) is 12.2. The first kappa shape index (κ1) is 13.6. The van der Waals surface area contributed by atoms with E-state index in [2.05, 4.69) is 42.1 Å². The van der Waals surface area contributed by atoms with Crippen molar-refractivity contribution in [2.24, 2.45) is 0 Å². The molecule has 0 unspecified atom stereocenters. The largest absolute Gasteiger partial charge is 0.492 e. The predicted molar refractivity (Wildman–Crippen MR) is 77.2 cm³/mol. The molecule has 0 bridgehead atoms. The average Bonchev–Trinajstić information content (AvgIpc) is 2.42. The highest BCUT2D eigenvalue weighted by atomic mass is 16.5. The van der Waals surface area contributed by atoms with Crippen LogP contribution in [0.25, 0.3) is 0 Å². The molecule has 0 amide bonds. The predicted octanol–water partition coefficient (Wildman–Crippen LogP) is 2.90. The number of nitrogens with zero attached hydrogens (tertiary/aromatic N) is 2. The van der Waals surface area contributed by atoms with Crippen molar-refractivity contribution in [3.63, 3.8) is 0 Å². The van der Waals surface area contributed by atoms with E-state index >= 15 is 0 Å². The first-order valence-corrected chi connectivity index (χ1v) is 6.51. The Kier molecular flexibility index (Phi) is 4.93. The first-order chi connectivity index (χ1) is 9.24. The van der Waals surface area contributed by atoms with Crippen molar-refractivity contribution in [3.8, 4) is 5.75 Å². The standard InChI is InChI=1S/C16H20N2O/c1-14-5-7-16(8-6-14)19-11-10-18(2)13-15-4-3-9-17-12-15/h3-9,12H,10-11,13H2,1-2H3. The molecular formula is C16H20N2O. The molecule has 0 saturated carbocycles. The van der Waals surface area contributed by atoms with Gasteiger partial charge in [0.15, 0.2) is 0 Å². The maximum Gasteiger partial charge on any atom is 0.119 e. The fourth-order valence-electron chi connectivity index (χ4n) is 1.84. The number of hydrogen-bond acceptors (Lipinski definition) is 3. The molecule has 2 aromatic rings. The third-order valence-corrected chi connectivity index (χ3v) is 2.94. The van der Waals surface area contributed by atoms with Crippen molar-refractivity contribution < 1.29 is 4.74 Å². The Labute approximate surface area is 114 Å². The van der Waals surface area contributed by atoms with Crippen LogP contribution in [-0.4, -0.2) is 30.1 Å². The van der Waals surface area contributed by atoms with Crippen LogP contribution >= 0.6 is 0 Å². The van der Waals surface area contributed by atoms with Crippen molar-refractivity contribution in [3.05, 3.63) is 59.9 Å². The molecule has 0 aliphatic heterocycles. The molecule has 0 aliphatic carbocycles. The summed E-state index contributed by atoms with van der Waals surface area (Å²) >= 11 is 0. The van der Waals surface area contributed by atoms with Crippen molar-refractivity contribution in [2.75, 3.05) is 20.2 Å². The highest BCUT2D eigenvalue weighted by Gasteiger charge is 2.01. The Bertz CT molecular complexity index is 482. The van der Waals surface area contributed by atoms with E-state index in [-0.39, 0.29) is 0 Å². The van der Waals surface area contributed by atoms with E-state index in [1.165, 1.54) is 11.1 Å². The molecule has 3 nitrogen and oxygen atoms in total. The lowest BCUT2D eigenvalue weighted by molar-refractivity contribution is 0.232. The number of hydrogen-bond donors (Lipinski definition) is 0. The molecule has 3 heteroatoms. The summed E-state index contributed by atoms with van der Waals surface area (Å²) in [5, 5.41) is 0. The molecule has 1 heterocycles. The van der Waals surface area contributed by atoms with Gasteiger partial charge in [-0.2, -0.15) is 0 Å². The summed E-state index contributed by atoms with van der Waals surface area (Å²) in [6.07, 6.45) is 3.70. The topological polar surface area (TPSA) is 25.4 Å². The lowest BCUT2D eigenvalue weighted by Gasteiger charge is -2.16. The van der Waals surface area contributed by atoms with Gasteiger partial charge in [-0.3, -0.25) is 9.88 Å². The molecular weight excluding hydrogens is 236 g/mol. The van der Waals surface area contributed by atoms with Gasteiger partial charge in [0.25, 0.3) is 0 Å². The maximum absolute atomic E-state index is 5.71. The number of pyridine rings is 1. The third kappa shape index (κ3) is 4.72. The van der Waals surface area contributed by atoms with E-state index < -0.39 is 0 Å². The monoisotopic (exact) mass is 256 g/mol. The van der Waals surface area contributed by atoms with E-state index in [4.69, 9.17) is 4.74 Å². The maximum atomic E-state index is 5.71. The Morgan fingerprint density at radius 3 is 2.63 bits per heavy atom. The normalized spacial score (nSPS) is 10.7. The van der Waals surface area contributed by atoms with Gasteiger partial charge >= 0.3 is 0 Å². The van der Waals surface area contributed by atoms with Crippen LogP contribution in [0, 0.1) is 6.92 Å². The van der Waals surface area contributed by atoms with Gasteiger partial charge in [-0.05, 0) is 37.7 Å². The first-order valence-electron chi connectivity index (χ1n) is 6.51. The van der Waals surface area contributed by atoms with Crippen LogP contribution in [0.1, 0.15) is 11.1 Å². The van der Waals surface area contributed by atoms with E-state index in [0.717, 1.165) is 18.8 Å². The minimum absolute atomic E-state index is 0.694. The van der Waals surface area contributed by atoms with Gasteiger partial charge in [0.1, 0.15) is 12.4 Å². The van der Waals surface area contributed by atoms with E-state index in [1.54, 1.807) is 6.20 Å². The van der Waals surface area contributed by atoms with Gasteiger partial charge in [0, 0.05) is 25.5 Å². The quantitative estimate of drug-likeness (QED) is 0.794. The van der Waals surface area contributed by atoms with E-state index in [9.17, 15) is 0 Å². The van der Waals surface area contributed by atoms with Crippen LogP contribution in [0.5, 0.6) is 5.75 Å². The minimum atomic E-state index is 0.694. The van der Waals surface area contributed by atoms with Crippen LogP contribution in [-0.2, 0) is 6.54 Å². The van der Waals surface area contributed by atoms with Crippen LogP contribution in [0.15, 0.2) is 48.8 Å². The summed E-state index contributed by atoms with van der Waals surface area (Å²) in [6.45, 7) is 4.55. The molecule has 1 aromatic heterocycles. The van der Waals surface area contributed by atoms with Crippen molar-refractivity contribution >= 4 is 0 Å². The fraction of sp³-hybridized carbons (Fsp3) is 0.312. The second kappa shape index (κ2) is 6.90. The number of aryl methyl sites for hydroxylation is 1. The van der Waals surface area contributed by atoms with Crippen molar-refractivity contribution in [2.45, 2.75) is 13.5 Å². The van der Waals surface area contributed by atoms with Crippen LogP contribution < -0.4 is 4.74 Å². The zero-order valence-electron chi connectivity index (χ0n) is 11.5. The molecule has 0 radical (unpaired) electrons. The number of likely N-dealkylation sites (N-methyl/N-ethyl adjacent to an activating group) is 1. The highest BCUT2D eigenvalue weighted by Crippen LogP contribution is 2.11. The summed E-state index contributed by atoms with van der Waals surface area (Å²) in [4.78, 5) is 6.34. The molecule has 100 valence electrons. The molecule has 2 rings (SSSR count). The molecule has 0 atom stereocenters. The van der Waals surface area contributed by atoms with Gasteiger partial charge in [-0.1, -0.05) is 23.8 Å². The second-order valence-corrected chi connectivity index (χ2v) is 4.76. The van der Waals surface area contributed by atoms with Gasteiger partial charge in [-0.25, -0.2) is 0 Å². The summed E-state index contributed by atoms with van der Waals surface area (Å²) in [7, 11) is 2.09. The molecule has 0 N–H and O–H groups in total. The Balaban J connectivity index is 1.72. The number of ether oxygens (including phenoxy) is 1. The van der Waals surface area contributed by atoms with Gasteiger partial charge in [0.05, 0.1) is 0 Å². The fourth-order valence-corrected chi connectivity index (χ4v) is 1.84. The lowest BCUT2D eigenvalue weighted by atomic mass is 10.2. The van der Waals surface area contributed by atoms with Crippen LogP contribution in [0.3, 0.4) is 0 Å². The zero-order valence-corrected chi connectivity index (χ0v) is 11.5. The number of rotatable bonds is 6. The Hall–Kier alpha value is -1.87. The van der Waals surface area contributed by atoms with Crippen LogP contribution in [0.2, 0.25) is 0 Å². The zero-order chi connectivity index (χ0) is 13.5. The van der Waals surface area contributed by atoms with E-state index in [1.807, 2.05) is 24.4 Å². The average molecular weight is 256 g/mol. The minimum Gasteiger partial charge on any atom is -0.492 e. The summed E-state index contributed by atoms with van der Waals surface area (Å²) in [5.41, 5.74) is 2.47. The SMILES string of the molecule is Cc1ccc(OCCN(C)Cc2cccnc2)cc1. The molecule has 0 aliphatic rings. The van der Waals surface area contributed by atoms with E-state index in [0.29, 0.717) is 6.61 Å². The second-order valence-electron chi connectivity index (χ2n) is 4.76. The van der Waals surface area contributed by atoms with Crippen LogP contribution in [0.4, 0.5) is 0 Å². The molecule has 19 heavy (non-hydrogen) atoms. The Morgan fingerprint density at radius 1 is 1.16 bits per heavy atom. The van der Waals surface area contributed by atoms with Gasteiger partial charge in [-0.15, -0.1) is 0 Å². The van der Waals surface area contributed by atoms with Gasteiger partial charge in [0.2, 0.25) is 0 Å². The lowest BCUT2D eigenvalue weighted by Crippen LogP contribution is -2.23. The third-order valence-electron chi connectivity index (χ3n) is 2.94. The molecule has 1 aromatic carbocycles. The number of aromatic nitrogens is 1. The highest BCUT2D eigenvalue weighted by molar-refractivity contribution is 5.26.